The number of rotatable bonds is 16. The summed E-state index contributed by atoms with van der Waals surface area (Å²) < 4.78 is 11.0. The van der Waals surface area contributed by atoms with Gasteiger partial charge < -0.3 is 14.8 Å². The number of hydrogen-bond acceptors (Lipinski definition) is 3. The summed E-state index contributed by atoms with van der Waals surface area (Å²) in [5, 5.41) is 3.41. The van der Waals surface area contributed by atoms with Crippen molar-refractivity contribution in [3.05, 3.63) is 29.8 Å². The maximum absolute atomic E-state index is 5.69. The summed E-state index contributed by atoms with van der Waals surface area (Å²) in [6.45, 7) is 5.66. The highest BCUT2D eigenvalue weighted by Gasteiger charge is 2.00. The maximum Gasteiger partial charge on any atom is 0.123 e. The molecule has 3 heteroatoms. The van der Waals surface area contributed by atoms with Crippen LogP contribution in [-0.4, -0.2) is 26.9 Å². The zero-order valence-electron chi connectivity index (χ0n) is 15.8. The fraction of sp³-hybridized carbons (Fsp3) is 0.714. The van der Waals surface area contributed by atoms with E-state index in [1.165, 1.54) is 63.4 Å². The van der Waals surface area contributed by atoms with Gasteiger partial charge in [-0.25, -0.2) is 0 Å². The molecule has 0 atom stereocenters. The molecule has 3 nitrogen and oxygen atoms in total. The van der Waals surface area contributed by atoms with Gasteiger partial charge in [-0.05, 0) is 12.5 Å². The Labute approximate surface area is 149 Å². The van der Waals surface area contributed by atoms with Gasteiger partial charge in [-0.15, -0.1) is 0 Å². The third-order valence-electron chi connectivity index (χ3n) is 4.32. The summed E-state index contributed by atoms with van der Waals surface area (Å²) in [6, 6.07) is 8.13. The summed E-state index contributed by atoms with van der Waals surface area (Å²) in [5.41, 5.74) is 1.19. The second-order valence-corrected chi connectivity index (χ2v) is 6.43. The first kappa shape index (κ1) is 21.0. The summed E-state index contributed by atoms with van der Waals surface area (Å²) in [7, 11) is 1.72. The van der Waals surface area contributed by atoms with Gasteiger partial charge in [0.1, 0.15) is 5.75 Å². The van der Waals surface area contributed by atoms with Crippen molar-refractivity contribution >= 4 is 0 Å². The van der Waals surface area contributed by atoms with Crippen LogP contribution in [-0.2, 0) is 11.3 Å². The first-order chi connectivity index (χ1) is 11.9. The van der Waals surface area contributed by atoms with Crippen LogP contribution in [0.1, 0.15) is 70.3 Å². The van der Waals surface area contributed by atoms with E-state index in [4.69, 9.17) is 9.47 Å². The van der Waals surface area contributed by atoms with Crippen LogP contribution in [0.4, 0.5) is 0 Å². The molecule has 0 aliphatic rings. The first-order valence-electron chi connectivity index (χ1n) is 9.78. The van der Waals surface area contributed by atoms with Crippen LogP contribution >= 0.6 is 0 Å². The van der Waals surface area contributed by atoms with E-state index in [9.17, 15) is 0 Å². The third-order valence-corrected chi connectivity index (χ3v) is 4.32. The highest BCUT2D eigenvalue weighted by molar-refractivity contribution is 5.32. The number of para-hydroxylation sites is 1. The van der Waals surface area contributed by atoms with Crippen LogP contribution in [0, 0.1) is 0 Å². The molecule has 0 saturated carbocycles. The molecule has 1 aromatic rings. The van der Waals surface area contributed by atoms with E-state index in [1.54, 1.807) is 7.11 Å². The van der Waals surface area contributed by atoms with E-state index in [-0.39, 0.29) is 0 Å². The van der Waals surface area contributed by atoms with Crippen molar-refractivity contribution in [2.75, 3.05) is 26.9 Å². The largest absolute Gasteiger partial charge is 0.496 e. The molecule has 0 amide bonds. The van der Waals surface area contributed by atoms with Crippen molar-refractivity contribution in [2.24, 2.45) is 0 Å². The second kappa shape index (κ2) is 15.5. The highest BCUT2D eigenvalue weighted by atomic mass is 16.5. The lowest BCUT2D eigenvalue weighted by atomic mass is 10.1. The summed E-state index contributed by atoms with van der Waals surface area (Å²) in [5.74, 6) is 0.945. The quantitative estimate of drug-likeness (QED) is 0.414. The molecule has 138 valence electrons. The van der Waals surface area contributed by atoms with Gasteiger partial charge in [0, 0.05) is 25.3 Å². The molecule has 0 unspecified atom stereocenters. The van der Waals surface area contributed by atoms with Gasteiger partial charge in [0.2, 0.25) is 0 Å². The van der Waals surface area contributed by atoms with Gasteiger partial charge in [0.05, 0.1) is 13.7 Å². The molecule has 0 spiro atoms. The standard InChI is InChI=1S/C21H37NO2/c1-3-4-5-6-7-8-9-10-13-17-24-18-16-22-19-20-14-11-12-15-21(20)23-2/h11-12,14-15,22H,3-10,13,16-19H2,1-2H3. The predicted octanol–water partition coefficient (Wildman–Crippen LogP) is 5.33. The molecule has 0 radical (unpaired) electrons. The number of unbranched alkanes of at least 4 members (excludes halogenated alkanes) is 8. The van der Waals surface area contributed by atoms with Gasteiger partial charge in [-0.3, -0.25) is 0 Å². The molecule has 0 heterocycles. The third kappa shape index (κ3) is 10.7. The average Bonchev–Trinajstić information content (AvgIpc) is 2.62. The Morgan fingerprint density at radius 3 is 2.21 bits per heavy atom. The van der Waals surface area contributed by atoms with Crippen molar-refractivity contribution in [3.63, 3.8) is 0 Å². The highest BCUT2D eigenvalue weighted by Crippen LogP contribution is 2.16. The SMILES string of the molecule is CCCCCCCCCCCOCCNCc1ccccc1OC. The lowest BCUT2D eigenvalue weighted by Gasteiger charge is -2.09. The Morgan fingerprint density at radius 1 is 0.833 bits per heavy atom. The summed E-state index contributed by atoms with van der Waals surface area (Å²) in [4.78, 5) is 0. The molecule has 1 aromatic carbocycles. The molecule has 0 aliphatic carbocycles. The number of hydrogen-bond donors (Lipinski definition) is 1. The van der Waals surface area contributed by atoms with E-state index in [2.05, 4.69) is 18.3 Å². The second-order valence-electron chi connectivity index (χ2n) is 6.43. The van der Waals surface area contributed by atoms with E-state index >= 15 is 0 Å². The minimum Gasteiger partial charge on any atom is -0.496 e. The fourth-order valence-corrected chi connectivity index (χ4v) is 2.83. The van der Waals surface area contributed by atoms with Crippen molar-refractivity contribution in [3.8, 4) is 5.75 Å². The minimum atomic E-state index is 0.784. The fourth-order valence-electron chi connectivity index (χ4n) is 2.83. The molecule has 0 saturated heterocycles. The lowest BCUT2D eigenvalue weighted by Crippen LogP contribution is -2.19. The zero-order chi connectivity index (χ0) is 17.3. The summed E-state index contributed by atoms with van der Waals surface area (Å²) in [6.07, 6.45) is 12.2. The number of methoxy groups -OCH3 is 1. The van der Waals surface area contributed by atoms with Gasteiger partial charge in [-0.1, -0.05) is 76.5 Å². The molecule has 0 bridgehead atoms. The van der Waals surface area contributed by atoms with E-state index in [1.807, 2.05) is 18.2 Å². The number of ether oxygens (including phenoxy) is 2. The Morgan fingerprint density at radius 2 is 1.50 bits per heavy atom. The first-order valence-corrected chi connectivity index (χ1v) is 9.78. The van der Waals surface area contributed by atoms with E-state index in [0.717, 1.165) is 32.1 Å². The van der Waals surface area contributed by atoms with Crippen molar-refractivity contribution < 1.29 is 9.47 Å². The van der Waals surface area contributed by atoms with Crippen LogP contribution in [0.25, 0.3) is 0 Å². The molecule has 0 fully saturated rings. The Bertz CT molecular complexity index is 395. The molecule has 0 aromatic heterocycles. The maximum atomic E-state index is 5.69. The van der Waals surface area contributed by atoms with Crippen LogP contribution in [0.15, 0.2) is 24.3 Å². The van der Waals surface area contributed by atoms with E-state index in [0.29, 0.717) is 0 Å². The van der Waals surface area contributed by atoms with E-state index < -0.39 is 0 Å². The smallest absolute Gasteiger partial charge is 0.123 e. The topological polar surface area (TPSA) is 30.5 Å². The Hall–Kier alpha value is -1.06. The number of nitrogens with one attached hydrogen (secondary N) is 1. The monoisotopic (exact) mass is 335 g/mol. The molecule has 24 heavy (non-hydrogen) atoms. The van der Waals surface area contributed by atoms with Crippen LogP contribution in [0.3, 0.4) is 0 Å². The van der Waals surface area contributed by atoms with Gasteiger partial charge in [-0.2, -0.15) is 0 Å². The van der Waals surface area contributed by atoms with Crippen molar-refractivity contribution in [1.82, 2.24) is 5.32 Å². The Balaban J connectivity index is 1.84. The van der Waals surface area contributed by atoms with Crippen molar-refractivity contribution in [1.29, 1.82) is 0 Å². The minimum absolute atomic E-state index is 0.784. The van der Waals surface area contributed by atoms with Gasteiger partial charge in [0.25, 0.3) is 0 Å². The van der Waals surface area contributed by atoms with Crippen molar-refractivity contribution in [2.45, 2.75) is 71.3 Å². The number of benzene rings is 1. The van der Waals surface area contributed by atoms with Crippen LogP contribution < -0.4 is 10.1 Å². The average molecular weight is 336 g/mol. The molecule has 1 N–H and O–H groups in total. The predicted molar refractivity (Wildman–Crippen MR) is 103 cm³/mol. The normalized spacial score (nSPS) is 10.9. The molecule has 1 rings (SSSR count). The summed E-state index contributed by atoms with van der Waals surface area (Å²) >= 11 is 0. The lowest BCUT2D eigenvalue weighted by molar-refractivity contribution is 0.131. The zero-order valence-corrected chi connectivity index (χ0v) is 15.8. The molecular formula is C21H37NO2. The molecule has 0 aliphatic heterocycles. The van der Waals surface area contributed by atoms with Gasteiger partial charge >= 0.3 is 0 Å². The van der Waals surface area contributed by atoms with Crippen LogP contribution in [0.2, 0.25) is 0 Å². The molecular weight excluding hydrogens is 298 g/mol. The van der Waals surface area contributed by atoms with Crippen LogP contribution in [0.5, 0.6) is 5.75 Å². The van der Waals surface area contributed by atoms with Gasteiger partial charge in [0.15, 0.2) is 0 Å². The Kier molecular flexibility index (Phi) is 13.5.